The normalized spacial score (nSPS) is 11.2. The highest BCUT2D eigenvalue weighted by atomic mass is 35.5. The third-order valence-electron chi connectivity index (χ3n) is 4.50. The summed E-state index contributed by atoms with van der Waals surface area (Å²) in [4.78, 5) is 12.6. The topological polar surface area (TPSA) is 75.3 Å². The fourth-order valence-corrected chi connectivity index (χ4v) is 4.10. The molecule has 29 heavy (non-hydrogen) atoms. The van der Waals surface area contributed by atoms with Crippen LogP contribution in [0.5, 0.6) is 0 Å². The van der Waals surface area contributed by atoms with E-state index in [1.165, 1.54) is 12.1 Å². The van der Waals surface area contributed by atoms with Crippen LogP contribution < -0.4 is 10.0 Å². The van der Waals surface area contributed by atoms with E-state index < -0.39 is 10.0 Å². The Morgan fingerprint density at radius 1 is 0.862 bits per heavy atom. The van der Waals surface area contributed by atoms with E-state index in [0.29, 0.717) is 22.0 Å². The van der Waals surface area contributed by atoms with Crippen molar-refractivity contribution < 1.29 is 13.2 Å². The lowest BCUT2D eigenvalue weighted by molar-refractivity contribution is 0.102. The highest BCUT2D eigenvalue weighted by Gasteiger charge is 2.16. The van der Waals surface area contributed by atoms with E-state index in [-0.39, 0.29) is 10.8 Å². The molecule has 0 fully saturated rings. The number of anilines is 2. The summed E-state index contributed by atoms with van der Waals surface area (Å²) in [7, 11) is -3.78. The molecule has 0 saturated carbocycles. The minimum Gasteiger partial charge on any atom is -0.322 e. The molecule has 0 heterocycles. The smallest absolute Gasteiger partial charge is 0.261 e. The first kappa shape index (κ1) is 20.9. The first-order valence-electron chi connectivity index (χ1n) is 8.93. The molecule has 150 valence electrons. The van der Waals surface area contributed by atoms with Crippen LogP contribution in [0.15, 0.2) is 65.6 Å². The lowest BCUT2D eigenvalue weighted by atomic mass is 10.1. The second-order valence-corrected chi connectivity index (χ2v) is 8.98. The molecule has 0 spiro atoms. The van der Waals surface area contributed by atoms with Crippen LogP contribution in [-0.4, -0.2) is 14.3 Å². The van der Waals surface area contributed by atoms with Gasteiger partial charge in [0.15, 0.2) is 0 Å². The van der Waals surface area contributed by atoms with Gasteiger partial charge in [-0.15, -0.1) is 0 Å². The standard InChI is InChI=1S/C22H21ClN2O3S/c1-14-4-5-15(2)20(12-14)22(26)24-18-8-10-19(11-9-18)29(27,28)25-21-13-17(23)7-6-16(21)3/h4-13,25H,1-3H3,(H,24,26). The second kappa shape index (κ2) is 8.27. The molecule has 3 rings (SSSR count). The van der Waals surface area contributed by atoms with E-state index in [1.807, 2.05) is 32.0 Å². The Labute approximate surface area is 175 Å². The number of sulfonamides is 1. The van der Waals surface area contributed by atoms with E-state index in [0.717, 1.165) is 16.7 Å². The Bertz CT molecular complexity index is 1170. The number of halogens is 1. The molecule has 3 aromatic rings. The van der Waals surface area contributed by atoms with Crippen molar-refractivity contribution in [1.29, 1.82) is 0 Å². The van der Waals surface area contributed by atoms with Crippen molar-refractivity contribution in [2.45, 2.75) is 25.7 Å². The van der Waals surface area contributed by atoms with E-state index in [2.05, 4.69) is 10.0 Å². The maximum atomic E-state index is 12.7. The van der Waals surface area contributed by atoms with E-state index in [9.17, 15) is 13.2 Å². The fraction of sp³-hybridized carbons (Fsp3) is 0.136. The monoisotopic (exact) mass is 428 g/mol. The third kappa shape index (κ3) is 4.96. The van der Waals surface area contributed by atoms with Gasteiger partial charge in [0.05, 0.1) is 10.6 Å². The summed E-state index contributed by atoms with van der Waals surface area (Å²) >= 11 is 5.96. The van der Waals surface area contributed by atoms with Gasteiger partial charge in [0, 0.05) is 16.3 Å². The van der Waals surface area contributed by atoms with Crippen LogP contribution in [0.25, 0.3) is 0 Å². The van der Waals surface area contributed by atoms with Gasteiger partial charge in [-0.05, 0) is 74.4 Å². The van der Waals surface area contributed by atoms with Crippen LogP contribution in [0.3, 0.4) is 0 Å². The molecule has 0 aliphatic rings. The molecule has 0 aliphatic heterocycles. The Balaban J connectivity index is 1.78. The number of rotatable bonds is 5. The Hall–Kier alpha value is -2.83. The summed E-state index contributed by atoms with van der Waals surface area (Å²) in [6, 6.07) is 16.7. The molecule has 2 N–H and O–H groups in total. The number of benzene rings is 3. The highest BCUT2D eigenvalue weighted by molar-refractivity contribution is 7.92. The summed E-state index contributed by atoms with van der Waals surface area (Å²) in [5.41, 5.74) is 4.13. The van der Waals surface area contributed by atoms with Crippen molar-refractivity contribution in [3.8, 4) is 0 Å². The molecule has 0 aliphatic carbocycles. The van der Waals surface area contributed by atoms with Gasteiger partial charge in [0.1, 0.15) is 0 Å². The molecule has 0 bridgehead atoms. The molecule has 3 aromatic carbocycles. The third-order valence-corrected chi connectivity index (χ3v) is 6.12. The summed E-state index contributed by atoms with van der Waals surface area (Å²) < 4.78 is 27.9. The number of nitrogens with one attached hydrogen (secondary N) is 2. The Morgan fingerprint density at radius 2 is 1.52 bits per heavy atom. The lowest BCUT2D eigenvalue weighted by Gasteiger charge is -2.12. The van der Waals surface area contributed by atoms with Gasteiger partial charge in [0.2, 0.25) is 0 Å². The minimum atomic E-state index is -3.78. The van der Waals surface area contributed by atoms with Gasteiger partial charge in [-0.25, -0.2) is 8.42 Å². The van der Waals surface area contributed by atoms with Crippen LogP contribution in [-0.2, 0) is 10.0 Å². The van der Waals surface area contributed by atoms with Crippen molar-refractivity contribution >= 4 is 38.9 Å². The Kier molecular flexibility index (Phi) is 5.96. The molecule has 7 heteroatoms. The number of aryl methyl sites for hydroxylation is 3. The van der Waals surface area contributed by atoms with Gasteiger partial charge < -0.3 is 5.32 Å². The van der Waals surface area contributed by atoms with Gasteiger partial charge >= 0.3 is 0 Å². The van der Waals surface area contributed by atoms with Crippen molar-refractivity contribution in [3.05, 3.63) is 87.9 Å². The van der Waals surface area contributed by atoms with Gasteiger partial charge in [-0.2, -0.15) is 0 Å². The Morgan fingerprint density at radius 3 is 2.21 bits per heavy atom. The van der Waals surface area contributed by atoms with Crippen LogP contribution >= 0.6 is 11.6 Å². The van der Waals surface area contributed by atoms with Crippen LogP contribution in [0.1, 0.15) is 27.0 Å². The predicted molar refractivity (Wildman–Crippen MR) is 117 cm³/mol. The summed E-state index contributed by atoms with van der Waals surface area (Å²) in [6.07, 6.45) is 0. The van der Waals surface area contributed by atoms with Crippen molar-refractivity contribution in [3.63, 3.8) is 0 Å². The molecule has 0 aromatic heterocycles. The van der Waals surface area contributed by atoms with Gasteiger partial charge in [0.25, 0.3) is 15.9 Å². The first-order valence-corrected chi connectivity index (χ1v) is 10.8. The van der Waals surface area contributed by atoms with Gasteiger partial charge in [-0.1, -0.05) is 35.4 Å². The lowest BCUT2D eigenvalue weighted by Crippen LogP contribution is -2.15. The van der Waals surface area contributed by atoms with Crippen LogP contribution in [0.4, 0.5) is 11.4 Å². The average Bonchev–Trinajstić information content (AvgIpc) is 2.67. The molecular weight excluding hydrogens is 408 g/mol. The number of hydrogen-bond donors (Lipinski definition) is 2. The van der Waals surface area contributed by atoms with E-state index in [1.54, 1.807) is 37.3 Å². The van der Waals surface area contributed by atoms with Crippen molar-refractivity contribution in [2.75, 3.05) is 10.0 Å². The SMILES string of the molecule is Cc1ccc(C)c(C(=O)Nc2ccc(S(=O)(=O)Nc3cc(Cl)ccc3C)cc2)c1. The number of amides is 1. The molecule has 0 unspecified atom stereocenters. The largest absolute Gasteiger partial charge is 0.322 e. The number of carbonyl (C=O) groups is 1. The van der Waals surface area contributed by atoms with Crippen LogP contribution in [0, 0.1) is 20.8 Å². The number of carbonyl (C=O) groups excluding carboxylic acids is 1. The van der Waals surface area contributed by atoms with E-state index >= 15 is 0 Å². The molecule has 0 atom stereocenters. The van der Waals surface area contributed by atoms with E-state index in [4.69, 9.17) is 11.6 Å². The molecular formula is C22H21ClN2O3S. The molecule has 0 saturated heterocycles. The molecule has 5 nitrogen and oxygen atoms in total. The van der Waals surface area contributed by atoms with Gasteiger partial charge in [-0.3, -0.25) is 9.52 Å². The number of hydrogen-bond acceptors (Lipinski definition) is 3. The quantitative estimate of drug-likeness (QED) is 0.577. The minimum absolute atomic E-state index is 0.0848. The predicted octanol–water partition coefficient (Wildman–Crippen LogP) is 5.32. The van der Waals surface area contributed by atoms with Crippen molar-refractivity contribution in [2.24, 2.45) is 0 Å². The molecule has 1 amide bonds. The summed E-state index contributed by atoms with van der Waals surface area (Å²) in [5, 5.41) is 3.24. The maximum absolute atomic E-state index is 12.7. The zero-order chi connectivity index (χ0) is 21.2. The zero-order valence-corrected chi connectivity index (χ0v) is 17.9. The average molecular weight is 429 g/mol. The molecule has 0 radical (unpaired) electrons. The second-order valence-electron chi connectivity index (χ2n) is 6.86. The summed E-state index contributed by atoms with van der Waals surface area (Å²) in [5.74, 6) is -0.241. The van der Waals surface area contributed by atoms with Crippen LogP contribution in [0.2, 0.25) is 5.02 Å². The zero-order valence-electron chi connectivity index (χ0n) is 16.3. The summed E-state index contributed by atoms with van der Waals surface area (Å²) in [6.45, 7) is 5.58. The van der Waals surface area contributed by atoms with Crippen molar-refractivity contribution in [1.82, 2.24) is 0 Å². The first-order chi connectivity index (χ1) is 13.7. The highest BCUT2D eigenvalue weighted by Crippen LogP contribution is 2.24. The fourth-order valence-electron chi connectivity index (χ4n) is 2.80. The maximum Gasteiger partial charge on any atom is 0.261 e.